The number of carbonyl (C=O) groups excluding carboxylic acids is 1. The summed E-state index contributed by atoms with van der Waals surface area (Å²) in [6, 6.07) is 4.31. The fraction of sp³-hybridized carbons (Fsp3) is 0.312. The monoisotopic (exact) mass is 325 g/mol. The lowest BCUT2D eigenvalue weighted by molar-refractivity contribution is -0.137. The lowest BCUT2D eigenvalue weighted by Gasteiger charge is -2.12. The normalized spacial score (nSPS) is 14.7. The van der Waals surface area contributed by atoms with Crippen LogP contribution in [0.3, 0.4) is 0 Å². The minimum atomic E-state index is -4.40. The smallest absolute Gasteiger partial charge is 0.390 e. The first-order valence-electron chi connectivity index (χ1n) is 7.00. The molecule has 0 fully saturated rings. The molecule has 116 valence electrons. The number of fused-ring (bicyclic) bond motifs is 1. The lowest BCUT2D eigenvalue weighted by atomic mass is 9.92. The maximum Gasteiger partial charge on any atom is 0.416 e. The van der Waals surface area contributed by atoms with Gasteiger partial charge in [-0.3, -0.25) is 4.79 Å². The van der Waals surface area contributed by atoms with Crippen molar-refractivity contribution in [3.05, 3.63) is 51.4 Å². The zero-order valence-corrected chi connectivity index (χ0v) is 12.5. The molecule has 2 N–H and O–H groups in total. The van der Waals surface area contributed by atoms with Gasteiger partial charge in [-0.25, -0.2) is 0 Å². The summed E-state index contributed by atoms with van der Waals surface area (Å²) in [5.41, 5.74) is 6.93. The predicted octanol–water partition coefficient (Wildman–Crippen LogP) is 4.46. The van der Waals surface area contributed by atoms with Gasteiger partial charge in [0.15, 0.2) is 5.78 Å². The molecule has 3 rings (SSSR count). The maximum atomic E-state index is 12.6. The second kappa shape index (κ2) is 5.43. The van der Waals surface area contributed by atoms with Crippen molar-refractivity contribution in [1.82, 2.24) is 0 Å². The Bertz CT molecular complexity index is 716. The molecule has 2 nitrogen and oxygen atoms in total. The molecule has 22 heavy (non-hydrogen) atoms. The Morgan fingerprint density at radius 3 is 2.36 bits per heavy atom. The summed E-state index contributed by atoms with van der Waals surface area (Å²) < 4.78 is 37.7. The number of benzene rings is 1. The van der Waals surface area contributed by atoms with E-state index >= 15 is 0 Å². The zero-order chi connectivity index (χ0) is 15.9. The topological polar surface area (TPSA) is 43.1 Å². The minimum absolute atomic E-state index is 0.242. The fourth-order valence-electron chi connectivity index (χ4n) is 2.79. The number of anilines is 1. The number of ketones is 1. The van der Waals surface area contributed by atoms with E-state index in [1.54, 1.807) is 0 Å². The van der Waals surface area contributed by atoms with Crippen molar-refractivity contribution in [3.8, 4) is 0 Å². The molecule has 0 amide bonds. The first-order chi connectivity index (χ1) is 10.4. The van der Waals surface area contributed by atoms with Gasteiger partial charge >= 0.3 is 6.18 Å². The Balaban J connectivity index is 1.96. The first kappa shape index (κ1) is 15.1. The number of hydrogen-bond acceptors (Lipinski definition) is 3. The Labute approximate surface area is 129 Å². The summed E-state index contributed by atoms with van der Waals surface area (Å²) in [6.45, 7) is 0. The van der Waals surface area contributed by atoms with E-state index in [1.165, 1.54) is 23.5 Å². The Kier molecular flexibility index (Phi) is 3.72. The predicted molar refractivity (Wildman–Crippen MR) is 80.2 cm³/mol. The van der Waals surface area contributed by atoms with E-state index in [9.17, 15) is 18.0 Å². The number of aryl methyl sites for hydroxylation is 1. The zero-order valence-electron chi connectivity index (χ0n) is 11.7. The number of halogens is 3. The summed E-state index contributed by atoms with van der Waals surface area (Å²) in [5.74, 6) is -0.286. The van der Waals surface area contributed by atoms with Gasteiger partial charge in [-0.15, -0.1) is 11.3 Å². The number of hydrogen-bond donors (Lipinski definition) is 1. The first-order valence-corrected chi connectivity index (χ1v) is 7.81. The molecule has 0 unspecified atom stereocenters. The van der Waals surface area contributed by atoms with Crippen molar-refractivity contribution in [3.63, 3.8) is 0 Å². The molecule has 0 bridgehead atoms. The van der Waals surface area contributed by atoms with Crippen LogP contribution >= 0.6 is 11.3 Å². The molecule has 1 aromatic heterocycles. The van der Waals surface area contributed by atoms with E-state index in [1.807, 2.05) is 0 Å². The standard InChI is InChI=1S/C16H14F3NOS/c17-16(18,19)10-7-5-9(6-8-10)14(21)13-11-3-1-2-4-12(11)22-15(13)20/h5-8H,1-4,20H2. The van der Waals surface area contributed by atoms with Crippen molar-refractivity contribution >= 4 is 22.1 Å². The van der Waals surface area contributed by atoms with Gasteiger partial charge in [-0.1, -0.05) is 12.1 Å². The molecule has 0 atom stereocenters. The molecular weight excluding hydrogens is 311 g/mol. The third-order valence-electron chi connectivity index (χ3n) is 3.90. The Morgan fingerprint density at radius 1 is 1.09 bits per heavy atom. The molecule has 0 aliphatic heterocycles. The van der Waals surface area contributed by atoms with Crippen LogP contribution < -0.4 is 5.73 Å². The maximum absolute atomic E-state index is 12.6. The molecule has 0 saturated heterocycles. The highest BCUT2D eigenvalue weighted by atomic mass is 32.1. The summed E-state index contributed by atoms with van der Waals surface area (Å²) >= 11 is 1.42. The van der Waals surface area contributed by atoms with Gasteiger partial charge in [-0.2, -0.15) is 13.2 Å². The van der Waals surface area contributed by atoms with Gasteiger partial charge in [0.05, 0.1) is 16.1 Å². The number of alkyl halides is 3. The summed E-state index contributed by atoms with van der Waals surface area (Å²) in [4.78, 5) is 13.7. The van der Waals surface area contributed by atoms with Crippen molar-refractivity contribution in [2.45, 2.75) is 31.9 Å². The van der Waals surface area contributed by atoms with Crippen molar-refractivity contribution in [2.75, 3.05) is 5.73 Å². The van der Waals surface area contributed by atoms with E-state index < -0.39 is 11.7 Å². The molecule has 1 aliphatic carbocycles. The molecule has 1 aliphatic rings. The quantitative estimate of drug-likeness (QED) is 0.829. The van der Waals surface area contributed by atoms with Crippen LogP contribution in [0.5, 0.6) is 0 Å². The van der Waals surface area contributed by atoms with Crippen LogP contribution in [0.25, 0.3) is 0 Å². The average molecular weight is 325 g/mol. The molecule has 0 radical (unpaired) electrons. The minimum Gasteiger partial charge on any atom is -0.390 e. The molecule has 0 spiro atoms. The van der Waals surface area contributed by atoms with Gasteiger partial charge in [-0.05, 0) is 43.4 Å². The van der Waals surface area contributed by atoms with Gasteiger partial charge < -0.3 is 5.73 Å². The van der Waals surface area contributed by atoms with Crippen LogP contribution in [0.1, 0.15) is 44.8 Å². The molecule has 2 aromatic rings. The van der Waals surface area contributed by atoms with Gasteiger partial charge in [0, 0.05) is 10.4 Å². The van der Waals surface area contributed by atoms with Crippen molar-refractivity contribution in [2.24, 2.45) is 0 Å². The highest BCUT2D eigenvalue weighted by Crippen LogP contribution is 2.37. The van der Waals surface area contributed by atoms with E-state index in [0.29, 0.717) is 10.6 Å². The van der Waals surface area contributed by atoms with Crippen LogP contribution in [-0.4, -0.2) is 5.78 Å². The van der Waals surface area contributed by atoms with Crippen LogP contribution in [0.15, 0.2) is 24.3 Å². The molecular formula is C16H14F3NOS. The van der Waals surface area contributed by atoms with E-state index in [0.717, 1.165) is 48.3 Å². The van der Waals surface area contributed by atoms with Crippen molar-refractivity contribution in [1.29, 1.82) is 0 Å². The fourth-order valence-corrected chi connectivity index (χ4v) is 3.95. The second-order valence-electron chi connectivity index (χ2n) is 5.35. The SMILES string of the molecule is Nc1sc2c(c1C(=O)c1ccc(C(F)(F)F)cc1)CCCC2. The number of nitrogens with two attached hydrogens (primary N) is 1. The third kappa shape index (κ3) is 2.63. The summed E-state index contributed by atoms with van der Waals surface area (Å²) in [5, 5.41) is 0.469. The number of nitrogen functional groups attached to an aromatic ring is 1. The van der Waals surface area contributed by atoms with E-state index in [4.69, 9.17) is 5.73 Å². The van der Waals surface area contributed by atoms with Gasteiger partial charge in [0.1, 0.15) is 0 Å². The third-order valence-corrected chi connectivity index (χ3v) is 5.02. The van der Waals surface area contributed by atoms with Gasteiger partial charge in [0.2, 0.25) is 0 Å². The number of thiophene rings is 1. The highest BCUT2D eigenvalue weighted by molar-refractivity contribution is 7.16. The lowest BCUT2D eigenvalue weighted by Crippen LogP contribution is -2.10. The van der Waals surface area contributed by atoms with Crippen LogP contribution in [-0.2, 0) is 19.0 Å². The van der Waals surface area contributed by atoms with Crippen LogP contribution in [0.4, 0.5) is 18.2 Å². The van der Waals surface area contributed by atoms with Crippen LogP contribution in [0.2, 0.25) is 0 Å². The molecule has 0 saturated carbocycles. The van der Waals surface area contributed by atoms with Crippen LogP contribution in [0, 0.1) is 0 Å². The number of rotatable bonds is 2. The highest BCUT2D eigenvalue weighted by Gasteiger charge is 2.31. The molecule has 6 heteroatoms. The van der Waals surface area contributed by atoms with E-state index in [-0.39, 0.29) is 11.3 Å². The molecule has 1 heterocycles. The van der Waals surface area contributed by atoms with Crippen molar-refractivity contribution < 1.29 is 18.0 Å². The Morgan fingerprint density at radius 2 is 1.73 bits per heavy atom. The van der Waals surface area contributed by atoms with Gasteiger partial charge in [0.25, 0.3) is 0 Å². The average Bonchev–Trinajstić information content (AvgIpc) is 2.81. The van der Waals surface area contributed by atoms with E-state index in [2.05, 4.69) is 0 Å². The second-order valence-corrected chi connectivity index (χ2v) is 6.49. The largest absolute Gasteiger partial charge is 0.416 e. The summed E-state index contributed by atoms with van der Waals surface area (Å²) in [6.07, 6.45) is -0.575. The Hall–Kier alpha value is -1.82. The number of carbonyl (C=O) groups is 1. The molecule has 1 aromatic carbocycles. The summed E-state index contributed by atoms with van der Waals surface area (Å²) in [7, 11) is 0.